The molecule has 0 aromatic heterocycles. The third-order valence-corrected chi connectivity index (χ3v) is 3.83. The molecule has 0 unspecified atom stereocenters. The van der Waals surface area contributed by atoms with Crippen LogP contribution in [0, 0.1) is 0 Å². The first kappa shape index (κ1) is 18.0. The van der Waals surface area contributed by atoms with Gasteiger partial charge in [0.05, 0.1) is 0 Å². The Kier molecular flexibility index (Phi) is 5.26. The lowest BCUT2D eigenvalue weighted by Crippen LogP contribution is -2.60. The molecule has 1 heterocycles. The highest BCUT2D eigenvalue weighted by atomic mass is 16.2. The van der Waals surface area contributed by atoms with E-state index >= 15 is 0 Å². The molecule has 1 fully saturated rings. The van der Waals surface area contributed by atoms with Gasteiger partial charge in [-0.2, -0.15) is 0 Å². The zero-order chi connectivity index (χ0) is 17.9. The molecule has 6 nitrogen and oxygen atoms in total. The molecule has 1 aliphatic heterocycles. The minimum absolute atomic E-state index is 0.000859. The highest BCUT2D eigenvalue weighted by molar-refractivity contribution is 5.96. The summed E-state index contributed by atoms with van der Waals surface area (Å²) in [7, 11) is 0. The van der Waals surface area contributed by atoms with Gasteiger partial charge < -0.3 is 15.1 Å². The van der Waals surface area contributed by atoms with Crippen molar-refractivity contribution in [2.75, 3.05) is 13.1 Å². The fourth-order valence-corrected chi connectivity index (χ4v) is 2.72. The number of benzene rings is 1. The van der Waals surface area contributed by atoms with Crippen molar-refractivity contribution in [3.05, 3.63) is 35.9 Å². The van der Waals surface area contributed by atoms with Gasteiger partial charge in [-0.05, 0) is 33.3 Å². The summed E-state index contributed by atoms with van der Waals surface area (Å²) in [5.41, 5.74) is 0.604. The molecule has 0 saturated carbocycles. The monoisotopic (exact) mass is 331 g/mol. The summed E-state index contributed by atoms with van der Waals surface area (Å²) in [5, 5.41) is 2.82. The summed E-state index contributed by atoms with van der Waals surface area (Å²) in [6.45, 7) is 7.60. The molecule has 1 atom stereocenters. The van der Waals surface area contributed by atoms with Gasteiger partial charge in [0.1, 0.15) is 19.1 Å². The van der Waals surface area contributed by atoms with Crippen molar-refractivity contribution in [2.45, 2.75) is 45.8 Å². The van der Waals surface area contributed by atoms with Crippen molar-refractivity contribution in [3.8, 4) is 0 Å². The molecule has 0 bridgehead atoms. The zero-order valence-electron chi connectivity index (χ0n) is 14.7. The van der Waals surface area contributed by atoms with Gasteiger partial charge in [-0.3, -0.25) is 14.4 Å². The quantitative estimate of drug-likeness (QED) is 0.900. The maximum absolute atomic E-state index is 12.6. The Labute approximate surface area is 142 Å². The van der Waals surface area contributed by atoms with Crippen molar-refractivity contribution >= 4 is 17.7 Å². The van der Waals surface area contributed by atoms with Crippen molar-refractivity contribution in [1.29, 1.82) is 0 Å². The molecule has 1 saturated heterocycles. The van der Waals surface area contributed by atoms with Gasteiger partial charge >= 0.3 is 0 Å². The first-order valence-corrected chi connectivity index (χ1v) is 8.10. The van der Waals surface area contributed by atoms with Gasteiger partial charge in [0, 0.05) is 12.1 Å². The van der Waals surface area contributed by atoms with Crippen molar-refractivity contribution in [2.24, 2.45) is 0 Å². The third-order valence-electron chi connectivity index (χ3n) is 3.83. The predicted molar refractivity (Wildman–Crippen MR) is 90.9 cm³/mol. The summed E-state index contributed by atoms with van der Waals surface area (Å²) < 4.78 is 0. The van der Waals surface area contributed by atoms with E-state index in [2.05, 4.69) is 5.32 Å². The summed E-state index contributed by atoms with van der Waals surface area (Å²) in [4.78, 5) is 39.9. The highest BCUT2D eigenvalue weighted by Gasteiger charge is 2.37. The molecular weight excluding hydrogens is 306 g/mol. The molecule has 6 heteroatoms. The lowest BCUT2D eigenvalue weighted by molar-refractivity contribution is -0.157. The average molecular weight is 331 g/mol. The Morgan fingerprint density at radius 2 is 1.83 bits per heavy atom. The number of carbonyl (C=O) groups is 3. The second-order valence-electron chi connectivity index (χ2n) is 7.18. The molecule has 0 spiro atoms. The van der Waals surface area contributed by atoms with Crippen LogP contribution in [-0.2, 0) is 20.9 Å². The second kappa shape index (κ2) is 7.03. The van der Waals surface area contributed by atoms with Gasteiger partial charge in [-0.1, -0.05) is 30.3 Å². The van der Waals surface area contributed by atoms with Crippen LogP contribution in [0.25, 0.3) is 0 Å². The lowest BCUT2D eigenvalue weighted by Gasteiger charge is -2.38. The molecular formula is C18H25N3O3. The first-order chi connectivity index (χ1) is 11.2. The van der Waals surface area contributed by atoms with Crippen LogP contribution in [0.4, 0.5) is 0 Å². The van der Waals surface area contributed by atoms with Crippen LogP contribution in [0.3, 0.4) is 0 Å². The number of nitrogens with one attached hydrogen (secondary N) is 1. The van der Waals surface area contributed by atoms with E-state index in [9.17, 15) is 14.4 Å². The largest absolute Gasteiger partial charge is 0.350 e. The lowest BCUT2D eigenvalue weighted by atomic mass is 10.1. The number of piperazine rings is 1. The van der Waals surface area contributed by atoms with Crippen LogP contribution < -0.4 is 5.32 Å². The van der Waals surface area contributed by atoms with Crippen LogP contribution in [0.5, 0.6) is 0 Å². The number of hydrogen-bond donors (Lipinski definition) is 1. The van der Waals surface area contributed by atoms with E-state index in [-0.39, 0.29) is 36.3 Å². The van der Waals surface area contributed by atoms with Crippen LogP contribution >= 0.6 is 0 Å². The normalized spacial score (nSPS) is 18.8. The van der Waals surface area contributed by atoms with E-state index in [0.29, 0.717) is 6.54 Å². The minimum Gasteiger partial charge on any atom is -0.350 e. The molecule has 130 valence electrons. The van der Waals surface area contributed by atoms with Crippen LogP contribution in [0.1, 0.15) is 33.3 Å². The number of nitrogens with zero attached hydrogens (tertiary/aromatic N) is 2. The Balaban J connectivity index is 2.02. The maximum Gasteiger partial charge on any atom is 0.245 e. The third kappa shape index (κ3) is 4.57. The molecule has 24 heavy (non-hydrogen) atoms. The Hall–Kier alpha value is -2.37. The summed E-state index contributed by atoms with van der Waals surface area (Å²) >= 11 is 0. The van der Waals surface area contributed by atoms with Gasteiger partial charge in [0.25, 0.3) is 0 Å². The maximum atomic E-state index is 12.6. The van der Waals surface area contributed by atoms with Gasteiger partial charge in [-0.25, -0.2) is 0 Å². The smallest absolute Gasteiger partial charge is 0.245 e. The molecule has 1 aromatic rings. The van der Waals surface area contributed by atoms with Crippen LogP contribution in [-0.4, -0.2) is 52.2 Å². The van der Waals surface area contributed by atoms with Crippen LogP contribution in [0.15, 0.2) is 30.3 Å². The molecule has 3 amide bonds. The van der Waals surface area contributed by atoms with Gasteiger partial charge in [0.15, 0.2) is 0 Å². The van der Waals surface area contributed by atoms with E-state index in [1.807, 2.05) is 51.1 Å². The highest BCUT2D eigenvalue weighted by Crippen LogP contribution is 2.15. The Morgan fingerprint density at radius 3 is 2.42 bits per heavy atom. The molecule has 2 rings (SSSR count). The summed E-state index contributed by atoms with van der Waals surface area (Å²) in [6.07, 6.45) is 0. The van der Waals surface area contributed by atoms with E-state index in [0.717, 1.165) is 5.56 Å². The number of amides is 3. The molecule has 1 N–H and O–H groups in total. The molecule has 1 aliphatic rings. The van der Waals surface area contributed by atoms with Gasteiger partial charge in [-0.15, -0.1) is 0 Å². The van der Waals surface area contributed by atoms with E-state index < -0.39 is 6.04 Å². The summed E-state index contributed by atoms with van der Waals surface area (Å²) in [5.74, 6) is -0.601. The van der Waals surface area contributed by atoms with E-state index in [4.69, 9.17) is 0 Å². The van der Waals surface area contributed by atoms with E-state index in [1.54, 1.807) is 11.8 Å². The predicted octanol–water partition coefficient (Wildman–Crippen LogP) is 1.16. The van der Waals surface area contributed by atoms with Crippen molar-refractivity contribution < 1.29 is 14.4 Å². The van der Waals surface area contributed by atoms with Crippen molar-refractivity contribution in [3.63, 3.8) is 0 Å². The first-order valence-electron chi connectivity index (χ1n) is 8.10. The molecule has 1 aromatic carbocycles. The Morgan fingerprint density at radius 1 is 1.21 bits per heavy atom. The molecule has 0 aliphatic carbocycles. The molecule has 0 radical (unpaired) electrons. The van der Waals surface area contributed by atoms with Crippen molar-refractivity contribution in [1.82, 2.24) is 15.1 Å². The second-order valence-corrected chi connectivity index (χ2v) is 7.18. The fraction of sp³-hybridized carbons (Fsp3) is 0.500. The Bertz CT molecular complexity index is 622. The average Bonchev–Trinajstić information content (AvgIpc) is 2.48. The SMILES string of the molecule is C[C@@H]1C(=O)N(Cc2ccccc2)CC(=O)N1CC(=O)NC(C)(C)C. The fourth-order valence-electron chi connectivity index (χ4n) is 2.72. The number of carbonyl (C=O) groups excluding carboxylic acids is 3. The van der Waals surface area contributed by atoms with Crippen LogP contribution in [0.2, 0.25) is 0 Å². The zero-order valence-corrected chi connectivity index (χ0v) is 14.7. The standard InChI is InChI=1S/C18H25N3O3/c1-13-17(24)20(10-14-8-6-5-7-9-14)12-16(23)21(13)11-15(22)19-18(2,3)4/h5-9,13H,10-12H2,1-4H3,(H,19,22)/t13-/m1/s1. The number of hydrogen-bond acceptors (Lipinski definition) is 3. The minimum atomic E-state index is -0.638. The topological polar surface area (TPSA) is 69.7 Å². The summed E-state index contributed by atoms with van der Waals surface area (Å²) in [6, 6.07) is 8.92. The van der Waals surface area contributed by atoms with E-state index in [1.165, 1.54) is 4.90 Å². The number of rotatable bonds is 4. The van der Waals surface area contributed by atoms with Gasteiger partial charge in [0.2, 0.25) is 17.7 Å².